The number of carbonyl (C=O) groups excluding carboxylic acids is 1. The van der Waals surface area contributed by atoms with Crippen molar-refractivity contribution >= 4 is 68.1 Å². The van der Waals surface area contributed by atoms with Crippen LogP contribution in [0.1, 0.15) is 34.0 Å². The van der Waals surface area contributed by atoms with Gasteiger partial charge in [0.2, 0.25) is 0 Å². The van der Waals surface area contributed by atoms with Crippen LogP contribution < -0.4 is 9.47 Å². The van der Waals surface area contributed by atoms with E-state index in [0.717, 1.165) is 21.2 Å². The minimum atomic E-state index is -1.01. The smallest absolute Gasteiger partial charge is 0.335 e. The van der Waals surface area contributed by atoms with Gasteiger partial charge < -0.3 is 14.6 Å². The van der Waals surface area contributed by atoms with Crippen molar-refractivity contribution in [1.29, 1.82) is 0 Å². The molecule has 0 atom stereocenters. The third-order valence-corrected chi connectivity index (χ3v) is 8.46. The Kier molecular flexibility index (Phi) is 9.86. The Balaban J connectivity index is 1.45. The predicted octanol–water partition coefficient (Wildman–Crippen LogP) is 8.58. The lowest BCUT2D eigenvalue weighted by Gasteiger charge is -2.16. The molecule has 1 saturated heterocycles. The molecule has 0 radical (unpaired) electrons. The zero-order valence-corrected chi connectivity index (χ0v) is 26.2. The lowest BCUT2D eigenvalue weighted by Crippen LogP contribution is -2.28. The zero-order chi connectivity index (χ0) is 30.3. The van der Waals surface area contributed by atoms with Crippen LogP contribution in [0, 0.1) is 0 Å². The molecule has 0 unspecified atom stereocenters. The minimum absolute atomic E-state index is 0.180. The first-order valence-corrected chi connectivity index (χ1v) is 15.3. The Morgan fingerprint density at radius 3 is 2.40 bits per heavy atom. The monoisotopic (exact) mass is 676 g/mol. The van der Waals surface area contributed by atoms with Crippen molar-refractivity contribution in [2.24, 2.45) is 4.99 Å². The number of ether oxygens (including phenoxy) is 2. The first-order chi connectivity index (χ1) is 20.8. The van der Waals surface area contributed by atoms with Crippen LogP contribution in [0.4, 0.5) is 5.69 Å². The van der Waals surface area contributed by atoms with E-state index in [2.05, 4.69) is 15.9 Å². The molecular formula is C33H26BrClN2O5S. The van der Waals surface area contributed by atoms with Crippen LogP contribution in [0.25, 0.3) is 6.08 Å². The number of para-hydroxylation sites is 1. The number of hydrogen-bond acceptors (Lipinski definition) is 6. The quantitative estimate of drug-likeness (QED) is 0.169. The van der Waals surface area contributed by atoms with E-state index in [1.807, 2.05) is 73.7 Å². The van der Waals surface area contributed by atoms with Crippen LogP contribution in [-0.4, -0.2) is 33.7 Å². The van der Waals surface area contributed by atoms with Gasteiger partial charge in [-0.05, 0) is 78.4 Å². The van der Waals surface area contributed by atoms with Gasteiger partial charge in [-0.3, -0.25) is 9.69 Å². The summed E-state index contributed by atoms with van der Waals surface area (Å²) in [5, 5.41) is 10.4. The molecular weight excluding hydrogens is 652 g/mol. The maximum Gasteiger partial charge on any atom is 0.335 e. The van der Waals surface area contributed by atoms with Crippen molar-refractivity contribution in [2.75, 3.05) is 6.61 Å². The van der Waals surface area contributed by atoms with Crippen LogP contribution >= 0.6 is 39.3 Å². The van der Waals surface area contributed by atoms with Crippen molar-refractivity contribution in [3.63, 3.8) is 0 Å². The SMILES string of the molecule is CCOc1cc(/C=C2\SC(=Nc3ccccc3)N(Cc3ccc(C(=O)O)cc3)C2=O)c(Br)cc1OCc1ccccc1Cl. The number of benzene rings is 4. The molecule has 5 rings (SSSR count). The first kappa shape index (κ1) is 30.4. The molecule has 218 valence electrons. The summed E-state index contributed by atoms with van der Waals surface area (Å²) in [6.45, 7) is 2.81. The standard InChI is InChI=1S/C33H26BrClN2O5S/c1-2-41-28-16-24(26(34)18-29(28)42-20-23-8-6-7-11-27(23)35)17-30-31(38)37(19-21-12-14-22(15-13-21)32(39)40)33(43-30)36-25-9-4-3-5-10-25/h3-18H,2,19-20H2,1H3,(H,39,40)/b30-17-,36-33?. The van der Waals surface area contributed by atoms with Crippen LogP contribution in [0.5, 0.6) is 11.5 Å². The number of carboxylic acids is 1. The van der Waals surface area contributed by atoms with Gasteiger partial charge in [0.05, 0.1) is 29.3 Å². The summed E-state index contributed by atoms with van der Waals surface area (Å²) in [6.07, 6.45) is 1.80. The molecule has 0 bridgehead atoms. The van der Waals surface area contributed by atoms with Crippen molar-refractivity contribution in [3.05, 3.63) is 128 Å². The molecule has 10 heteroatoms. The van der Waals surface area contributed by atoms with Gasteiger partial charge in [0.25, 0.3) is 5.91 Å². The highest BCUT2D eigenvalue weighted by molar-refractivity contribution is 9.10. The molecule has 1 aliphatic heterocycles. The van der Waals surface area contributed by atoms with Gasteiger partial charge >= 0.3 is 5.97 Å². The number of hydrogen-bond donors (Lipinski definition) is 1. The zero-order valence-electron chi connectivity index (χ0n) is 23.0. The van der Waals surface area contributed by atoms with Gasteiger partial charge in [-0.2, -0.15) is 0 Å². The Labute approximate surface area is 266 Å². The molecule has 0 spiro atoms. The number of amidine groups is 1. The molecule has 4 aromatic rings. The molecule has 4 aromatic carbocycles. The fraction of sp³-hybridized carbons (Fsp3) is 0.121. The average Bonchev–Trinajstić information content (AvgIpc) is 3.28. The van der Waals surface area contributed by atoms with Gasteiger partial charge in [0.1, 0.15) is 6.61 Å². The van der Waals surface area contributed by atoms with Gasteiger partial charge in [-0.25, -0.2) is 9.79 Å². The van der Waals surface area contributed by atoms with E-state index in [-0.39, 0.29) is 24.6 Å². The van der Waals surface area contributed by atoms with Crippen molar-refractivity contribution in [1.82, 2.24) is 4.90 Å². The number of carboxylic acid groups (broad SMARTS) is 1. The van der Waals surface area contributed by atoms with E-state index in [1.54, 1.807) is 23.1 Å². The Bertz CT molecular complexity index is 1710. The molecule has 1 amide bonds. The van der Waals surface area contributed by atoms with Crippen LogP contribution in [0.2, 0.25) is 5.02 Å². The van der Waals surface area contributed by atoms with Gasteiger partial charge in [-0.1, -0.05) is 76.1 Å². The molecule has 1 N–H and O–H groups in total. The largest absolute Gasteiger partial charge is 0.490 e. The maximum atomic E-state index is 13.7. The fourth-order valence-electron chi connectivity index (χ4n) is 4.23. The van der Waals surface area contributed by atoms with E-state index in [9.17, 15) is 14.7 Å². The van der Waals surface area contributed by atoms with Gasteiger partial charge in [0.15, 0.2) is 16.7 Å². The number of carbonyl (C=O) groups is 2. The summed E-state index contributed by atoms with van der Waals surface area (Å²) < 4.78 is 12.7. The van der Waals surface area contributed by atoms with E-state index in [0.29, 0.717) is 38.9 Å². The molecule has 0 saturated carbocycles. The highest BCUT2D eigenvalue weighted by Gasteiger charge is 2.34. The van der Waals surface area contributed by atoms with E-state index < -0.39 is 5.97 Å². The predicted molar refractivity (Wildman–Crippen MR) is 174 cm³/mol. The summed E-state index contributed by atoms with van der Waals surface area (Å²) in [6, 6.07) is 27.0. The lowest BCUT2D eigenvalue weighted by atomic mass is 10.1. The van der Waals surface area contributed by atoms with Crippen LogP contribution in [-0.2, 0) is 17.9 Å². The summed E-state index contributed by atoms with van der Waals surface area (Å²) >= 11 is 11.2. The highest BCUT2D eigenvalue weighted by atomic mass is 79.9. The molecule has 0 aliphatic carbocycles. The molecule has 7 nitrogen and oxygen atoms in total. The van der Waals surface area contributed by atoms with Gasteiger partial charge in [-0.15, -0.1) is 0 Å². The van der Waals surface area contributed by atoms with Crippen molar-refractivity contribution < 1.29 is 24.2 Å². The van der Waals surface area contributed by atoms with Crippen molar-refractivity contribution in [3.8, 4) is 11.5 Å². The number of aliphatic imine (C=N–C) groups is 1. The number of halogens is 2. The van der Waals surface area contributed by atoms with E-state index in [4.69, 9.17) is 26.1 Å². The Morgan fingerprint density at radius 2 is 1.70 bits per heavy atom. The number of amides is 1. The number of rotatable bonds is 10. The first-order valence-electron chi connectivity index (χ1n) is 13.3. The van der Waals surface area contributed by atoms with Crippen LogP contribution in [0.3, 0.4) is 0 Å². The summed E-state index contributed by atoms with van der Waals surface area (Å²) in [7, 11) is 0. The highest BCUT2D eigenvalue weighted by Crippen LogP contribution is 2.40. The molecule has 43 heavy (non-hydrogen) atoms. The summed E-state index contributed by atoms with van der Waals surface area (Å²) in [5.41, 5.74) is 3.26. The van der Waals surface area contributed by atoms with Crippen molar-refractivity contribution in [2.45, 2.75) is 20.1 Å². The number of aromatic carboxylic acids is 1. The molecule has 0 aromatic heterocycles. The minimum Gasteiger partial charge on any atom is -0.490 e. The molecule has 1 aliphatic rings. The third-order valence-electron chi connectivity index (χ3n) is 6.40. The van der Waals surface area contributed by atoms with E-state index in [1.165, 1.54) is 23.9 Å². The topological polar surface area (TPSA) is 88.4 Å². The van der Waals surface area contributed by atoms with E-state index >= 15 is 0 Å². The Hall–Kier alpha value is -4.05. The molecule has 1 heterocycles. The average molecular weight is 678 g/mol. The third kappa shape index (κ3) is 7.48. The normalized spacial score (nSPS) is 14.9. The number of thioether (sulfide) groups is 1. The van der Waals surface area contributed by atoms with Gasteiger partial charge in [0, 0.05) is 15.1 Å². The summed E-state index contributed by atoms with van der Waals surface area (Å²) in [5.74, 6) is -0.147. The summed E-state index contributed by atoms with van der Waals surface area (Å²) in [4.78, 5) is 31.9. The second-order valence-corrected chi connectivity index (χ2v) is 11.6. The van der Waals surface area contributed by atoms with Crippen LogP contribution in [0.15, 0.2) is 105 Å². The maximum absolute atomic E-state index is 13.7. The Morgan fingerprint density at radius 1 is 1.00 bits per heavy atom. The fourth-order valence-corrected chi connectivity index (χ4v) is 5.85. The second-order valence-electron chi connectivity index (χ2n) is 9.37. The molecule has 1 fully saturated rings. The number of nitrogens with zero attached hydrogens (tertiary/aromatic N) is 2. The second kappa shape index (κ2) is 13.9. The lowest BCUT2D eigenvalue weighted by molar-refractivity contribution is -0.122.